The predicted molar refractivity (Wildman–Crippen MR) is 187 cm³/mol. The summed E-state index contributed by atoms with van der Waals surface area (Å²) in [6.45, 7) is 4.64. The number of unbranched alkanes of at least 4 members (excludes halogenated alkanes) is 10. The van der Waals surface area contributed by atoms with Gasteiger partial charge in [-0.1, -0.05) is 119 Å². The number of ether oxygens (including phenoxy) is 2. The zero-order valence-electron chi connectivity index (χ0n) is 28.0. The van der Waals surface area contributed by atoms with E-state index in [1.165, 1.54) is 44.9 Å². The van der Waals surface area contributed by atoms with Crippen molar-refractivity contribution in [2.45, 2.75) is 141 Å². The molecule has 4 unspecified atom stereocenters. The Morgan fingerprint density at radius 1 is 0.956 bits per heavy atom. The zero-order chi connectivity index (χ0) is 33.1. The lowest BCUT2D eigenvalue weighted by molar-refractivity contribution is -0.137. The molecule has 1 aliphatic rings. The van der Waals surface area contributed by atoms with Crippen LogP contribution in [0.4, 0.5) is 0 Å². The topological polar surface area (TPSA) is 102 Å². The minimum Gasteiger partial charge on any atom is -0.489 e. The molecule has 1 aromatic rings. The Morgan fingerprint density at radius 2 is 1.53 bits per heavy atom. The summed E-state index contributed by atoms with van der Waals surface area (Å²) in [4.78, 5) is 11.8. The Hall–Kier alpha value is -1.57. The zero-order valence-corrected chi connectivity index (χ0v) is 29.5. The number of alkyl halides is 1. The molecule has 1 aliphatic carbocycles. The lowest BCUT2D eigenvalue weighted by Gasteiger charge is -2.48. The molecule has 45 heavy (non-hydrogen) atoms. The van der Waals surface area contributed by atoms with E-state index in [1.807, 2.05) is 37.3 Å². The number of carbonyl (C=O) groups is 1. The highest BCUT2D eigenvalue weighted by Gasteiger charge is 2.50. The molecule has 0 spiro atoms. The Bertz CT molecular complexity index is 1040. The van der Waals surface area contributed by atoms with Crippen LogP contribution in [0.5, 0.6) is 5.75 Å². The Morgan fingerprint density at radius 3 is 2.09 bits per heavy atom. The number of nitrogens with two attached hydrogens (primary N) is 1. The number of methoxy groups -OCH3 is 1. The van der Waals surface area contributed by atoms with Gasteiger partial charge in [0, 0.05) is 30.6 Å². The van der Waals surface area contributed by atoms with E-state index in [0.717, 1.165) is 68.1 Å². The second kappa shape index (κ2) is 22.1. The van der Waals surface area contributed by atoms with E-state index in [0.29, 0.717) is 17.2 Å². The number of para-hydroxylation sites is 1. The highest BCUT2D eigenvalue weighted by molar-refractivity contribution is 6.34. The standard InChI is InChI=1S/C37H59Cl2NO5/c1-4-5-6-14-19-29(41)20-15-11-9-7-8-10-12-18-25-37(28(2)40)33(23-24-34(42)43)31(27-45-30-21-16-13-17-22-30)35(38)32(26-44-3)36(37)39/h13,16-17,21-22,28-29,36,41H,4-12,14-15,18-20,23-27,40H2,1-3H3,(H,42,43). The molecular formula is C37H59Cl2NO5. The van der Waals surface area contributed by atoms with Crippen molar-refractivity contribution in [2.75, 3.05) is 20.3 Å². The molecular weight excluding hydrogens is 609 g/mol. The Balaban J connectivity index is 2.04. The summed E-state index contributed by atoms with van der Waals surface area (Å²) >= 11 is 14.3. The third-order valence-electron chi connectivity index (χ3n) is 9.33. The summed E-state index contributed by atoms with van der Waals surface area (Å²) in [5.74, 6) is -0.168. The van der Waals surface area contributed by atoms with Crippen LogP contribution in [0.15, 0.2) is 52.1 Å². The number of carboxylic acid groups (broad SMARTS) is 1. The minimum absolute atomic E-state index is 0.0398. The Labute approximate surface area is 282 Å². The number of aliphatic hydroxyl groups is 1. The van der Waals surface area contributed by atoms with Gasteiger partial charge in [0.1, 0.15) is 12.4 Å². The molecule has 0 heterocycles. The van der Waals surface area contributed by atoms with Gasteiger partial charge in [-0.15, -0.1) is 11.6 Å². The van der Waals surface area contributed by atoms with Crippen LogP contribution in [-0.2, 0) is 9.53 Å². The predicted octanol–water partition coefficient (Wildman–Crippen LogP) is 9.55. The van der Waals surface area contributed by atoms with Crippen LogP contribution in [0, 0.1) is 5.41 Å². The Kier molecular flexibility index (Phi) is 19.4. The minimum atomic E-state index is -0.875. The van der Waals surface area contributed by atoms with Crippen molar-refractivity contribution in [3.05, 3.63) is 52.1 Å². The molecule has 0 fully saturated rings. The first-order valence-corrected chi connectivity index (χ1v) is 18.1. The molecule has 2 rings (SSSR count). The van der Waals surface area contributed by atoms with E-state index < -0.39 is 16.8 Å². The van der Waals surface area contributed by atoms with Crippen LogP contribution < -0.4 is 10.5 Å². The summed E-state index contributed by atoms with van der Waals surface area (Å²) in [7, 11) is 1.62. The lowest BCUT2D eigenvalue weighted by atomic mass is 9.62. The number of aliphatic carboxylic acids is 1. The number of hydrogen-bond acceptors (Lipinski definition) is 5. The van der Waals surface area contributed by atoms with E-state index in [4.69, 9.17) is 38.4 Å². The summed E-state index contributed by atoms with van der Waals surface area (Å²) in [5.41, 5.74) is 8.57. The number of hydrogen-bond donors (Lipinski definition) is 3. The fourth-order valence-corrected chi connectivity index (χ4v) is 7.73. The van der Waals surface area contributed by atoms with Gasteiger partial charge in [-0.2, -0.15) is 0 Å². The first-order chi connectivity index (χ1) is 21.7. The molecule has 0 aliphatic heterocycles. The van der Waals surface area contributed by atoms with Crippen molar-refractivity contribution < 1.29 is 24.5 Å². The molecule has 0 radical (unpaired) electrons. The van der Waals surface area contributed by atoms with Crippen molar-refractivity contribution in [3.8, 4) is 5.75 Å². The molecule has 0 saturated heterocycles. The SMILES string of the molecule is CCCCCCC(O)CCCCCCCCCCC1(C(C)N)C(CCC(=O)O)=C(COc2ccccc2)C(Cl)=C(COC)C1Cl. The molecule has 0 saturated carbocycles. The number of carboxylic acids is 1. The maximum absolute atomic E-state index is 11.8. The van der Waals surface area contributed by atoms with Gasteiger partial charge in [-0.25, -0.2) is 0 Å². The molecule has 4 N–H and O–H groups in total. The first kappa shape index (κ1) is 39.6. The van der Waals surface area contributed by atoms with Gasteiger partial charge in [-0.3, -0.25) is 4.79 Å². The van der Waals surface area contributed by atoms with Gasteiger partial charge in [0.25, 0.3) is 0 Å². The molecule has 0 aromatic heterocycles. The molecule has 0 bridgehead atoms. The third kappa shape index (κ3) is 12.9. The summed E-state index contributed by atoms with van der Waals surface area (Å²) < 4.78 is 11.7. The second-order valence-electron chi connectivity index (χ2n) is 12.8. The van der Waals surface area contributed by atoms with Crippen molar-refractivity contribution in [1.29, 1.82) is 0 Å². The molecule has 1 aromatic carbocycles. The van der Waals surface area contributed by atoms with Gasteiger partial charge in [0.05, 0.1) is 23.1 Å². The fraction of sp³-hybridized carbons (Fsp3) is 0.703. The normalized spacial score (nSPS) is 20.0. The number of halogens is 2. The highest BCUT2D eigenvalue weighted by atomic mass is 35.5. The monoisotopic (exact) mass is 667 g/mol. The van der Waals surface area contributed by atoms with E-state index >= 15 is 0 Å². The van der Waals surface area contributed by atoms with Crippen molar-refractivity contribution in [2.24, 2.45) is 11.1 Å². The summed E-state index contributed by atoms with van der Waals surface area (Å²) in [6, 6.07) is 9.17. The van der Waals surface area contributed by atoms with E-state index in [-0.39, 0.29) is 31.8 Å². The summed E-state index contributed by atoms with van der Waals surface area (Å²) in [6.07, 6.45) is 16.5. The van der Waals surface area contributed by atoms with E-state index in [2.05, 4.69) is 6.92 Å². The molecule has 6 nitrogen and oxygen atoms in total. The smallest absolute Gasteiger partial charge is 0.303 e. The van der Waals surface area contributed by atoms with Crippen molar-refractivity contribution in [1.82, 2.24) is 0 Å². The molecule has 8 heteroatoms. The molecule has 256 valence electrons. The van der Waals surface area contributed by atoms with Gasteiger partial charge < -0.3 is 25.4 Å². The maximum Gasteiger partial charge on any atom is 0.303 e. The largest absolute Gasteiger partial charge is 0.489 e. The van der Waals surface area contributed by atoms with E-state index in [1.54, 1.807) is 7.11 Å². The third-order valence-corrected chi connectivity index (χ3v) is 10.5. The highest BCUT2D eigenvalue weighted by Crippen LogP contribution is 2.53. The average molecular weight is 669 g/mol. The van der Waals surface area contributed by atoms with Gasteiger partial charge in [0.15, 0.2) is 0 Å². The van der Waals surface area contributed by atoms with Crippen molar-refractivity contribution in [3.63, 3.8) is 0 Å². The number of aliphatic hydroxyl groups excluding tert-OH is 1. The van der Waals surface area contributed by atoms with Crippen LogP contribution in [0.25, 0.3) is 0 Å². The molecule has 0 amide bonds. The number of rotatable bonds is 25. The summed E-state index contributed by atoms with van der Waals surface area (Å²) in [5, 5.41) is 19.8. The van der Waals surface area contributed by atoms with Crippen LogP contribution in [0.1, 0.15) is 123 Å². The van der Waals surface area contributed by atoms with E-state index in [9.17, 15) is 15.0 Å². The molecule has 4 atom stereocenters. The van der Waals surface area contributed by atoms with Crippen LogP contribution in [0.3, 0.4) is 0 Å². The van der Waals surface area contributed by atoms with Crippen LogP contribution >= 0.6 is 23.2 Å². The van der Waals surface area contributed by atoms with Crippen LogP contribution in [-0.4, -0.2) is 54.0 Å². The lowest BCUT2D eigenvalue weighted by Crippen LogP contribution is -2.51. The quantitative estimate of drug-likeness (QED) is 0.0709. The fourth-order valence-electron chi connectivity index (χ4n) is 6.73. The van der Waals surface area contributed by atoms with Crippen molar-refractivity contribution >= 4 is 29.2 Å². The second-order valence-corrected chi connectivity index (χ2v) is 13.6. The van der Waals surface area contributed by atoms with Crippen LogP contribution in [0.2, 0.25) is 0 Å². The van der Waals surface area contributed by atoms with Gasteiger partial charge in [-0.05, 0) is 50.3 Å². The average Bonchev–Trinajstić information content (AvgIpc) is 3.02. The maximum atomic E-state index is 11.8. The first-order valence-electron chi connectivity index (χ1n) is 17.3. The van der Waals surface area contributed by atoms with Gasteiger partial charge in [0.2, 0.25) is 0 Å². The number of benzene rings is 1. The van der Waals surface area contributed by atoms with Gasteiger partial charge >= 0.3 is 5.97 Å².